The van der Waals surface area contributed by atoms with Crippen LogP contribution in [0.1, 0.15) is 39.9 Å². The third kappa shape index (κ3) is 5.22. The lowest BCUT2D eigenvalue weighted by molar-refractivity contribution is -0.127. The molecule has 1 aliphatic heterocycles. The van der Waals surface area contributed by atoms with E-state index in [1.165, 1.54) is 18.1 Å². The Bertz CT molecular complexity index is 1030. The lowest BCUT2D eigenvalue weighted by Gasteiger charge is -2.25. The van der Waals surface area contributed by atoms with Gasteiger partial charge in [-0.15, -0.1) is 0 Å². The first-order chi connectivity index (χ1) is 15.2. The number of carbonyl (C=O) groups is 3. The predicted molar refractivity (Wildman–Crippen MR) is 124 cm³/mol. The van der Waals surface area contributed by atoms with Gasteiger partial charge in [-0.05, 0) is 62.9 Å². The van der Waals surface area contributed by atoms with E-state index in [-0.39, 0.29) is 24.3 Å². The average molecular weight is 458 g/mol. The summed E-state index contributed by atoms with van der Waals surface area (Å²) in [6.45, 7) is 6.13. The van der Waals surface area contributed by atoms with E-state index < -0.39 is 6.04 Å². The lowest BCUT2D eigenvalue weighted by Crippen LogP contribution is -2.47. The third-order valence-corrected chi connectivity index (χ3v) is 5.81. The fourth-order valence-electron chi connectivity index (χ4n) is 4.13. The Balaban J connectivity index is 1.64. The molecule has 2 aromatic rings. The van der Waals surface area contributed by atoms with Gasteiger partial charge in [0.05, 0.1) is 19.2 Å². The Hall–Kier alpha value is -3.06. The molecule has 8 heteroatoms. The lowest BCUT2D eigenvalue weighted by atomic mass is 10.1. The molecule has 32 heavy (non-hydrogen) atoms. The molecule has 7 nitrogen and oxygen atoms in total. The maximum atomic E-state index is 13.1. The highest BCUT2D eigenvalue weighted by Crippen LogP contribution is 2.28. The second kappa shape index (κ2) is 10.0. The van der Waals surface area contributed by atoms with E-state index in [2.05, 4.69) is 10.6 Å². The normalized spacial score (nSPS) is 15.4. The zero-order valence-electron chi connectivity index (χ0n) is 18.8. The Morgan fingerprint density at radius 3 is 2.47 bits per heavy atom. The van der Waals surface area contributed by atoms with E-state index in [4.69, 9.17) is 16.3 Å². The van der Waals surface area contributed by atoms with Crippen LogP contribution in [0.25, 0.3) is 0 Å². The maximum Gasteiger partial charge on any atom is 0.258 e. The second-order valence-electron chi connectivity index (χ2n) is 8.04. The van der Waals surface area contributed by atoms with Crippen molar-refractivity contribution in [2.75, 3.05) is 25.5 Å². The van der Waals surface area contributed by atoms with Crippen LogP contribution in [0.2, 0.25) is 5.02 Å². The summed E-state index contributed by atoms with van der Waals surface area (Å²) in [4.78, 5) is 39.9. The molecular weight excluding hydrogens is 430 g/mol. The number of aryl methyl sites for hydroxylation is 3. The minimum Gasteiger partial charge on any atom is -0.496 e. The largest absolute Gasteiger partial charge is 0.496 e. The molecule has 2 aromatic carbocycles. The van der Waals surface area contributed by atoms with Crippen molar-refractivity contribution in [3.05, 3.63) is 57.6 Å². The van der Waals surface area contributed by atoms with Gasteiger partial charge in [-0.1, -0.05) is 29.3 Å². The topological polar surface area (TPSA) is 87.7 Å². The summed E-state index contributed by atoms with van der Waals surface area (Å²) < 4.78 is 5.28. The smallest absolute Gasteiger partial charge is 0.258 e. The summed E-state index contributed by atoms with van der Waals surface area (Å²) >= 11 is 6.06. The fraction of sp³-hybridized carbons (Fsp3) is 0.375. The number of methoxy groups -OCH3 is 1. The molecule has 170 valence electrons. The van der Waals surface area contributed by atoms with Crippen molar-refractivity contribution < 1.29 is 19.1 Å². The fourth-order valence-corrected chi connectivity index (χ4v) is 4.30. The molecule has 1 saturated heterocycles. The standard InChI is InChI=1S/C24H28ClN3O4/c1-14-10-15(2)22(16(3)11-14)27-21(29)13-26-23(30)19-6-5-9-28(19)24(31)18-12-17(25)7-8-20(18)32-4/h7-8,10-12,19H,5-6,9,13H2,1-4H3,(H,26,30)(H,27,29). The number of carbonyl (C=O) groups excluding carboxylic acids is 3. The van der Waals surface area contributed by atoms with Crippen molar-refractivity contribution in [2.45, 2.75) is 39.7 Å². The molecule has 3 rings (SSSR count). The number of ether oxygens (including phenoxy) is 1. The molecule has 1 unspecified atom stereocenters. The number of anilines is 1. The number of hydrogen-bond acceptors (Lipinski definition) is 4. The van der Waals surface area contributed by atoms with Crippen LogP contribution in [-0.2, 0) is 9.59 Å². The Morgan fingerprint density at radius 1 is 1.12 bits per heavy atom. The van der Waals surface area contributed by atoms with Crippen LogP contribution >= 0.6 is 11.6 Å². The van der Waals surface area contributed by atoms with Gasteiger partial charge < -0.3 is 20.3 Å². The van der Waals surface area contributed by atoms with Gasteiger partial charge in [0.15, 0.2) is 0 Å². The number of likely N-dealkylation sites (tertiary alicyclic amines) is 1. The Kier molecular flexibility index (Phi) is 7.40. The van der Waals surface area contributed by atoms with Crippen LogP contribution in [-0.4, -0.2) is 48.9 Å². The van der Waals surface area contributed by atoms with Gasteiger partial charge in [-0.2, -0.15) is 0 Å². The quantitative estimate of drug-likeness (QED) is 0.693. The van der Waals surface area contributed by atoms with Crippen molar-refractivity contribution in [2.24, 2.45) is 0 Å². The molecule has 0 aromatic heterocycles. The first-order valence-electron chi connectivity index (χ1n) is 10.5. The molecule has 0 bridgehead atoms. The summed E-state index contributed by atoms with van der Waals surface area (Å²) in [6, 6.07) is 8.14. The van der Waals surface area contributed by atoms with E-state index in [1.807, 2.05) is 32.9 Å². The first kappa shape index (κ1) is 23.6. The van der Waals surface area contributed by atoms with Crippen LogP contribution in [0.4, 0.5) is 5.69 Å². The van der Waals surface area contributed by atoms with Crippen LogP contribution in [0.15, 0.2) is 30.3 Å². The molecule has 2 N–H and O–H groups in total. The Morgan fingerprint density at radius 2 is 1.81 bits per heavy atom. The van der Waals surface area contributed by atoms with Crippen LogP contribution in [0, 0.1) is 20.8 Å². The van der Waals surface area contributed by atoms with Gasteiger partial charge in [0.1, 0.15) is 11.8 Å². The monoisotopic (exact) mass is 457 g/mol. The van der Waals surface area contributed by atoms with E-state index >= 15 is 0 Å². The van der Waals surface area contributed by atoms with E-state index in [0.717, 1.165) is 22.4 Å². The van der Waals surface area contributed by atoms with Crippen molar-refractivity contribution in [1.29, 1.82) is 0 Å². The van der Waals surface area contributed by atoms with Crippen molar-refractivity contribution in [3.63, 3.8) is 0 Å². The van der Waals surface area contributed by atoms with Crippen molar-refractivity contribution in [3.8, 4) is 5.75 Å². The number of nitrogens with zero attached hydrogens (tertiary/aromatic N) is 1. The summed E-state index contributed by atoms with van der Waals surface area (Å²) in [7, 11) is 1.48. The van der Waals surface area contributed by atoms with Gasteiger partial charge >= 0.3 is 0 Å². The molecule has 1 aliphatic rings. The molecule has 3 amide bonds. The minimum atomic E-state index is -0.651. The van der Waals surface area contributed by atoms with Crippen molar-refractivity contribution >= 4 is 35.0 Å². The summed E-state index contributed by atoms with van der Waals surface area (Å²) in [5, 5.41) is 5.95. The molecule has 0 spiro atoms. The predicted octanol–water partition coefficient (Wildman–Crippen LogP) is 3.63. The number of hydrogen-bond donors (Lipinski definition) is 2. The highest BCUT2D eigenvalue weighted by molar-refractivity contribution is 6.31. The van der Waals surface area contributed by atoms with Crippen LogP contribution < -0.4 is 15.4 Å². The number of benzene rings is 2. The zero-order chi connectivity index (χ0) is 23.4. The highest BCUT2D eigenvalue weighted by atomic mass is 35.5. The Labute approximate surface area is 193 Å². The number of nitrogens with one attached hydrogen (secondary N) is 2. The van der Waals surface area contributed by atoms with Gasteiger partial charge in [0.2, 0.25) is 11.8 Å². The molecule has 1 fully saturated rings. The molecule has 0 saturated carbocycles. The number of rotatable bonds is 6. The first-order valence-corrected chi connectivity index (χ1v) is 10.9. The molecule has 0 aliphatic carbocycles. The molecule has 1 heterocycles. The molecule has 0 radical (unpaired) electrons. The highest BCUT2D eigenvalue weighted by Gasteiger charge is 2.35. The van der Waals surface area contributed by atoms with Crippen molar-refractivity contribution in [1.82, 2.24) is 10.2 Å². The van der Waals surface area contributed by atoms with Gasteiger partial charge in [0.25, 0.3) is 5.91 Å². The van der Waals surface area contributed by atoms with E-state index in [9.17, 15) is 14.4 Å². The van der Waals surface area contributed by atoms with Gasteiger partial charge in [0, 0.05) is 17.3 Å². The summed E-state index contributed by atoms with van der Waals surface area (Å²) in [5.74, 6) is -0.601. The average Bonchev–Trinajstić information content (AvgIpc) is 3.24. The van der Waals surface area contributed by atoms with E-state index in [1.54, 1.807) is 12.1 Å². The summed E-state index contributed by atoms with van der Waals surface area (Å²) in [6.07, 6.45) is 1.22. The van der Waals surface area contributed by atoms with Gasteiger partial charge in [-0.25, -0.2) is 0 Å². The second-order valence-corrected chi connectivity index (χ2v) is 8.48. The minimum absolute atomic E-state index is 0.176. The van der Waals surface area contributed by atoms with E-state index in [0.29, 0.717) is 35.7 Å². The SMILES string of the molecule is COc1ccc(Cl)cc1C(=O)N1CCCC1C(=O)NCC(=O)Nc1c(C)cc(C)cc1C. The molecule has 1 atom stereocenters. The maximum absolute atomic E-state index is 13.1. The summed E-state index contributed by atoms with van der Waals surface area (Å²) in [5.41, 5.74) is 4.10. The zero-order valence-corrected chi connectivity index (χ0v) is 19.5. The number of amides is 3. The van der Waals surface area contributed by atoms with Crippen LogP contribution in [0.3, 0.4) is 0 Å². The third-order valence-electron chi connectivity index (χ3n) is 5.57. The van der Waals surface area contributed by atoms with Crippen LogP contribution in [0.5, 0.6) is 5.75 Å². The van der Waals surface area contributed by atoms with Gasteiger partial charge in [-0.3, -0.25) is 14.4 Å². The molecular formula is C24H28ClN3O4. The number of halogens is 1.